The SMILES string of the molecule is O=C(NCC1(O)CCCCC1)c1ccc(Cl)cc1Br. The van der Waals surface area contributed by atoms with Crippen LogP contribution in [0.2, 0.25) is 5.02 Å². The minimum Gasteiger partial charge on any atom is -0.388 e. The van der Waals surface area contributed by atoms with Gasteiger partial charge in [-0.25, -0.2) is 0 Å². The van der Waals surface area contributed by atoms with Gasteiger partial charge in [-0.2, -0.15) is 0 Å². The van der Waals surface area contributed by atoms with Crippen LogP contribution in [-0.2, 0) is 0 Å². The largest absolute Gasteiger partial charge is 0.388 e. The predicted molar refractivity (Wildman–Crippen MR) is 79.5 cm³/mol. The van der Waals surface area contributed by atoms with Crippen LogP contribution < -0.4 is 5.32 Å². The molecule has 1 aromatic rings. The van der Waals surface area contributed by atoms with E-state index in [1.54, 1.807) is 18.2 Å². The average molecular weight is 347 g/mol. The molecule has 3 nitrogen and oxygen atoms in total. The lowest BCUT2D eigenvalue weighted by Crippen LogP contribution is -2.44. The van der Waals surface area contributed by atoms with Gasteiger partial charge in [0.1, 0.15) is 0 Å². The fraction of sp³-hybridized carbons (Fsp3) is 0.500. The Labute approximate surface area is 126 Å². The van der Waals surface area contributed by atoms with Crippen molar-refractivity contribution in [3.05, 3.63) is 33.3 Å². The Hall–Kier alpha value is -0.580. The summed E-state index contributed by atoms with van der Waals surface area (Å²) >= 11 is 9.16. The molecule has 1 amide bonds. The minimum atomic E-state index is -0.743. The maximum atomic E-state index is 12.1. The fourth-order valence-electron chi connectivity index (χ4n) is 2.40. The number of carbonyl (C=O) groups is 1. The Bertz CT molecular complexity index is 473. The number of carbonyl (C=O) groups excluding carboxylic acids is 1. The van der Waals surface area contributed by atoms with Crippen LogP contribution in [0.3, 0.4) is 0 Å². The van der Waals surface area contributed by atoms with Gasteiger partial charge in [-0.05, 0) is 47.0 Å². The van der Waals surface area contributed by atoms with Gasteiger partial charge in [0, 0.05) is 16.0 Å². The zero-order chi connectivity index (χ0) is 13.9. The number of benzene rings is 1. The number of hydrogen-bond donors (Lipinski definition) is 2. The number of amides is 1. The quantitative estimate of drug-likeness (QED) is 0.879. The third-order valence-corrected chi connectivity index (χ3v) is 4.43. The molecule has 1 fully saturated rings. The van der Waals surface area contributed by atoms with Gasteiger partial charge >= 0.3 is 0 Å². The molecule has 0 spiro atoms. The lowest BCUT2D eigenvalue weighted by Gasteiger charge is -2.32. The van der Waals surface area contributed by atoms with Crippen molar-refractivity contribution in [2.24, 2.45) is 0 Å². The topological polar surface area (TPSA) is 49.3 Å². The minimum absolute atomic E-state index is 0.192. The Morgan fingerprint density at radius 3 is 2.68 bits per heavy atom. The molecular weight excluding hydrogens is 330 g/mol. The van der Waals surface area contributed by atoms with Crippen LogP contribution in [-0.4, -0.2) is 23.2 Å². The van der Waals surface area contributed by atoms with Crippen LogP contribution in [0, 0.1) is 0 Å². The Kier molecular flexibility index (Phi) is 4.87. The van der Waals surface area contributed by atoms with E-state index in [0.29, 0.717) is 21.6 Å². The second-order valence-electron chi connectivity index (χ2n) is 5.09. The Morgan fingerprint density at radius 2 is 2.05 bits per heavy atom. The highest BCUT2D eigenvalue weighted by Crippen LogP contribution is 2.27. The summed E-state index contributed by atoms with van der Waals surface area (Å²) in [4.78, 5) is 12.1. The Morgan fingerprint density at radius 1 is 1.37 bits per heavy atom. The van der Waals surface area contributed by atoms with Gasteiger partial charge in [-0.15, -0.1) is 0 Å². The molecule has 19 heavy (non-hydrogen) atoms. The van der Waals surface area contributed by atoms with Crippen molar-refractivity contribution in [1.29, 1.82) is 0 Å². The molecule has 104 valence electrons. The van der Waals surface area contributed by atoms with Crippen LogP contribution in [0.4, 0.5) is 0 Å². The van der Waals surface area contributed by atoms with Gasteiger partial charge in [-0.3, -0.25) is 4.79 Å². The monoisotopic (exact) mass is 345 g/mol. The molecule has 0 radical (unpaired) electrons. The van der Waals surface area contributed by atoms with E-state index in [-0.39, 0.29) is 5.91 Å². The van der Waals surface area contributed by atoms with Crippen LogP contribution in [0.15, 0.2) is 22.7 Å². The van der Waals surface area contributed by atoms with Crippen LogP contribution in [0.5, 0.6) is 0 Å². The normalized spacial score (nSPS) is 18.1. The standard InChI is InChI=1S/C14H17BrClNO2/c15-12-8-10(16)4-5-11(12)13(18)17-9-14(19)6-2-1-3-7-14/h4-5,8,19H,1-3,6-7,9H2,(H,17,18). The molecule has 1 aliphatic carbocycles. The highest BCUT2D eigenvalue weighted by molar-refractivity contribution is 9.10. The summed E-state index contributed by atoms with van der Waals surface area (Å²) in [6.45, 7) is 0.306. The lowest BCUT2D eigenvalue weighted by atomic mass is 9.85. The first-order valence-electron chi connectivity index (χ1n) is 6.46. The molecule has 5 heteroatoms. The molecule has 1 aromatic carbocycles. The van der Waals surface area contributed by atoms with Crippen molar-refractivity contribution in [2.45, 2.75) is 37.7 Å². The summed E-state index contributed by atoms with van der Waals surface area (Å²) < 4.78 is 0.660. The van der Waals surface area contributed by atoms with Gasteiger partial charge in [0.15, 0.2) is 0 Å². The molecule has 2 rings (SSSR count). The molecule has 0 atom stereocenters. The van der Waals surface area contributed by atoms with Crippen molar-refractivity contribution in [3.8, 4) is 0 Å². The molecule has 0 bridgehead atoms. The number of hydrogen-bond acceptors (Lipinski definition) is 2. The zero-order valence-electron chi connectivity index (χ0n) is 10.6. The number of halogens is 2. The molecule has 0 heterocycles. The summed E-state index contributed by atoms with van der Waals surface area (Å²) in [6, 6.07) is 5.04. The Balaban J connectivity index is 1.97. The first-order chi connectivity index (χ1) is 9.00. The molecule has 1 saturated carbocycles. The number of aliphatic hydroxyl groups is 1. The molecule has 2 N–H and O–H groups in total. The van der Waals surface area contributed by atoms with Gasteiger partial charge in [0.05, 0.1) is 11.2 Å². The summed E-state index contributed by atoms with van der Waals surface area (Å²) in [5.41, 5.74) is -0.212. The van der Waals surface area contributed by atoms with Gasteiger partial charge in [0.25, 0.3) is 5.91 Å². The van der Waals surface area contributed by atoms with E-state index in [0.717, 1.165) is 25.7 Å². The predicted octanol–water partition coefficient (Wildman–Crippen LogP) is 3.53. The average Bonchev–Trinajstić information content (AvgIpc) is 2.37. The summed E-state index contributed by atoms with van der Waals surface area (Å²) in [5, 5.41) is 13.7. The number of rotatable bonds is 3. The molecule has 1 aliphatic rings. The van der Waals surface area contributed by atoms with Crippen molar-refractivity contribution in [1.82, 2.24) is 5.32 Å². The van der Waals surface area contributed by atoms with Crippen molar-refractivity contribution in [3.63, 3.8) is 0 Å². The molecule has 0 aromatic heterocycles. The van der Waals surface area contributed by atoms with Crippen LogP contribution in [0.25, 0.3) is 0 Å². The van der Waals surface area contributed by atoms with Crippen LogP contribution in [0.1, 0.15) is 42.5 Å². The van der Waals surface area contributed by atoms with Crippen molar-refractivity contribution < 1.29 is 9.90 Å². The maximum Gasteiger partial charge on any atom is 0.252 e. The maximum absolute atomic E-state index is 12.1. The van der Waals surface area contributed by atoms with Gasteiger partial charge in [0.2, 0.25) is 0 Å². The van der Waals surface area contributed by atoms with Gasteiger partial charge < -0.3 is 10.4 Å². The van der Waals surface area contributed by atoms with E-state index >= 15 is 0 Å². The summed E-state index contributed by atoms with van der Waals surface area (Å²) in [5.74, 6) is -0.192. The van der Waals surface area contributed by atoms with Crippen LogP contribution >= 0.6 is 27.5 Å². The third kappa shape index (κ3) is 3.94. The number of nitrogens with one attached hydrogen (secondary N) is 1. The van der Waals surface area contributed by atoms with Crippen molar-refractivity contribution in [2.75, 3.05) is 6.54 Å². The van der Waals surface area contributed by atoms with E-state index in [1.165, 1.54) is 6.42 Å². The third-order valence-electron chi connectivity index (χ3n) is 3.54. The second kappa shape index (κ2) is 6.25. The molecule has 0 aliphatic heterocycles. The van der Waals surface area contributed by atoms with E-state index in [4.69, 9.17) is 11.6 Å². The lowest BCUT2D eigenvalue weighted by molar-refractivity contribution is 0.00525. The molecule has 0 unspecified atom stereocenters. The molecule has 0 saturated heterocycles. The molecular formula is C14H17BrClNO2. The smallest absolute Gasteiger partial charge is 0.252 e. The first-order valence-corrected chi connectivity index (χ1v) is 7.63. The zero-order valence-corrected chi connectivity index (χ0v) is 12.9. The highest BCUT2D eigenvalue weighted by Gasteiger charge is 2.29. The summed E-state index contributed by atoms with van der Waals surface area (Å²) in [6.07, 6.45) is 4.73. The van der Waals surface area contributed by atoms with Crippen molar-refractivity contribution >= 4 is 33.4 Å². The first kappa shape index (κ1) is 14.8. The summed E-state index contributed by atoms with van der Waals surface area (Å²) in [7, 11) is 0. The van der Waals surface area contributed by atoms with E-state index in [9.17, 15) is 9.90 Å². The second-order valence-corrected chi connectivity index (χ2v) is 6.38. The van der Waals surface area contributed by atoms with E-state index in [1.807, 2.05) is 0 Å². The fourth-order valence-corrected chi connectivity index (χ4v) is 3.26. The highest BCUT2D eigenvalue weighted by atomic mass is 79.9. The van der Waals surface area contributed by atoms with E-state index < -0.39 is 5.60 Å². The van der Waals surface area contributed by atoms with Gasteiger partial charge in [-0.1, -0.05) is 30.9 Å². The van der Waals surface area contributed by atoms with E-state index in [2.05, 4.69) is 21.2 Å².